The van der Waals surface area contributed by atoms with Gasteiger partial charge in [-0.3, -0.25) is 0 Å². The van der Waals surface area contributed by atoms with Gasteiger partial charge in [0.05, 0.1) is 6.61 Å². The average molecular weight is 314 g/mol. The summed E-state index contributed by atoms with van der Waals surface area (Å²) in [4.78, 5) is 0. The molecule has 1 aromatic rings. The molecule has 6 N–H and O–H groups in total. The van der Waals surface area contributed by atoms with Gasteiger partial charge in [-0.25, -0.2) is 0 Å². The number of anilines is 1. The van der Waals surface area contributed by atoms with Crippen LogP contribution in [0.15, 0.2) is 30.3 Å². The van der Waals surface area contributed by atoms with Gasteiger partial charge in [0.15, 0.2) is 11.3 Å². The molecule has 2 rings (SSSR count). The Morgan fingerprint density at radius 3 is 2.38 bits per heavy atom. The van der Waals surface area contributed by atoms with Crippen LogP contribution in [0.1, 0.15) is 0 Å². The van der Waals surface area contributed by atoms with E-state index in [9.17, 15) is 15.3 Å². The summed E-state index contributed by atoms with van der Waals surface area (Å²) in [6.45, 7) is -0.484. The minimum Gasteiger partial charge on any atom is -0.394 e. The number of ether oxygens (including phenoxy) is 1. The largest absolute Gasteiger partial charge is 0.394 e. The smallest absolute Gasteiger partial charge is 0.172 e. The molecule has 1 aromatic carbocycles. The van der Waals surface area contributed by atoms with E-state index in [-0.39, 0.29) is 5.11 Å². The molecule has 5 unspecified atom stereocenters. The van der Waals surface area contributed by atoms with Crippen LogP contribution >= 0.6 is 12.2 Å². The van der Waals surface area contributed by atoms with E-state index in [1.54, 1.807) is 12.1 Å². The van der Waals surface area contributed by atoms with Gasteiger partial charge in [0.25, 0.3) is 0 Å². The molecule has 8 heteroatoms. The Hall–Kier alpha value is -1.29. The van der Waals surface area contributed by atoms with Crippen LogP contribution in [0.2, 0.25) is 0 Å². The first-order chi connectivity index (χ1) is 10.0. The molecular weight excluding hydrogens is 296 g/mol. The molecular formula is C13H18N2O5S. The van der Waals surface area contributed by atoms with E-state index >= 15 is 0 Å². The van der Waals surface area contributed by atoms with Gasteiger partial charge in [-0.1, -0.05) is 18.2 Å². The van der Waals surface area contributed by atoms with Crippen molar-refractivity contribution in [2.24, 2.45) is 0 Å². The number of hydrogen-bond acceptors (Lipinski definition) is 6. The van der Waals surface area contributed by atoms with Crippen LogP contribution in [-0.4, -0.2) is 62.8 Å². The molecule has 0 spiro atoms. The quantitative estimate of drug-likeness (QED) is 0.385. The zero-order chi connectivity index (χ0) is 15.4. The van der Waals surface area contributed by atoms with Crippen molar-refractivity contribution in [3.63, 3.8) is 0 Å². The van der Waals surface area contributed by atoms with E-state index in [2.05, 4.69) is 10.6 Å². The fourth-order valence-electron chi connectivity index (χ4n) is 2.04. The van der Waals surface area contributed by atoms with Crippen LogP contribution in [0.25, 0.3) is 0 Å². The second-order valence-electron chi connectivity index (χ2n) is 4.71. The van der Waals surface area contributed by atoms with E-state index in [1.165, 1.54) is 0 Å². The minimum absolute atomic E-state index is 0.186. The topological polar surface area (TPSA) is 114 Å². The van der Waals surface area contributed by atoms with Crippen molar-refractivity contribution >= 4 is 23.0 Å². The molecule has 1 fully saturated rings. The SMILES string of the molecule is OCC1OC(NC(=S)Nc2ccccc2)C(O)C(O)C1O. The fraction of sp³-hybridized carbons (Fsp3) is 0.462. The van der Waals surface area contributed by atoms with Crippen LogP contribution in [-0.2, 0) is 4.74 Å². The van der Waals surface area contributed by atoms with Gasteiger partial charge in [-0.2, -0.15) is 0 Å². The number of rotatable bonds is 3. The number of hydrogen-bond donors (Lipinski definition) is 6. The summed E-state index contributed by atoms with van der Waals surface area (Å²) in [5.41, 5.74) is 0.750. The number of para-hydroxylation sites is 1. The fourth-order valence-corrected chi connectivity index (χ4v) is 2.27. The first-order valence-corrected chi connectivity index (χ1v) is 6.87. The molecule has 5 atom stereocenters. The Bertz CT molecular complexity index is 473. The molecule has 0 radical (unpaired) electrons. The summed E-state index contributed by atoms with van der Waals surface area (Å²) < 4.78 is 5.29. The predicted molar refractivity (Wildman–Crippen MR) is 79.6 cm³/mol. The van der Waals surface area contributed by atoms with Crippen molar-refractivity contribution in [3.05, 3.63) is 30.3 Å². The molecule has 0 aliphatic carbocycles. The Labute approximate surface area is 127 Å². The second kappa shape index (κ2) is 7.12. The van der Waals surface area contributed by atoms with Crippen molar-refractivity contribution in [1.82, 2.24) is 5.32 Å². The van der Waals surface area contributed by atoms with Crippen molar-refractivity contribution < 1.29 is 25.2 Å². The second-order valence-corrected chi connectivity index (χ2v) is 5.12. The molecule has 0 amide bonds. The molecule has 0 saturated carbocycles. The molecule has 0 aromatic heterocycles. The zero-order valence-corrected chi connectivity index (χ0v) is 11.9. The highest BCUT2D eigenvalue weighted by Crippen LogP contribution is 2.19. The summed E-state index contributed by atoms with van der Waals surface area (Å²) in [6.07, 6.45) is -6.21. The third-order valence-corrected chi connectivity index (χ3v) is 3.42. The highest BCUT2D eigenvalue weighted by Gasteiger charge is 2.43. The summed E-state index contributed by atoms with van der Waals surface area (Å²) >= 11 is 5.09. The van der Waals surface area contributed by atoms with Crippen molar-refractivity contribution in [1.29, 1.82) is 0 Å². The maximum absolute atomic E-state index is 9.87. The first-order valence-electron chi connectivity index (χ1n) is 6.46. The van der Waals surface area contributed by atoms with E-state index in [0.29, 0.717) is 0 Å². The lowest BCUT2D eigenvalue weighted by Gasteiger charge is -2.40. The Morgan fingerprint density at radius 1 is 1.10 bits per heavy atom. The third kappa shape index (κ3) is 3.88. The van der Waals surface area contributed by atoms with E-state index < -0.39 is 37.3 Å². The molecule has 116 valence electrons. The van der Waals surface area contributed by atoms with Crippen molar-refractivity contribution in [2.45, 2.75) is 30.6 Å². The predicted octanol–water partition coefficient (Wildman–Crippen LogP) is -1.23. The van der Waals surface area contributed by atoms with Gasteiger partial charge in [0.2, 0.25) is 0 Å². The minimum atomic E-state index is -1.44. The summed E-state index contributed by atoms with van der Waals surface area (Å²) in [5.74, 6) is 0. The van der Waals surface area contributed by atoms with Crippen LogP contribution in [0.3, 0.4) is 0 Å². The van der Waals surface area contributed by atoms with Gasteiger partial charge in [-0.15, -0.1) is 0 Å². The molecule has 1 aliphatic rings. The van der Waals surface area contributed by atoms with Crippen LogP contribution < -0.4 is 10.6 Å². The first kappa shape index (κ1) is 16.1. The molecule has 0 bridgehead atoms. The van der Waals surface area contributed by atoms with Crippen molar-refractivity contribution in [3.8, 4) is 0 Å². The number of aliphatic hydroxyl groups excluding tert-OH is 4. The van der Waals surface area contributed by atoms with Crippen LogP contribution in [0, 0.1) is 0 Å². The lowest BCUT2D eigenvalue weighted by molar-refractivity contribution is -0.232. The third-order valence-electron chi connectivity index (χ3n) is 3.20. The van der Waals surface area contributed by atoms with Gasteiger partial charge in [0, 0.05) is 5.69 Å². The normalized spacial score (nSPS) is 32.5. The monoisotopic (exact) mass is 314 g/mol. The molecule has 1 heterocycles. The number of aliphatic hydroxyl groups is 4. The van der Waals surface area contributed by atoms with Crippen molar-refractivity contribution in [2.75, 3.05) is 11.9 Å². The Balaban J connectivity index is 1.96. The maximum atomic E-state index is 9.87. The average Bonchev–Trinajstić information content (AvgIpc) is 2.49. The zero-order valence-electron chi connectivity index (χ0n) is 11.1. The van der Waals surface area contributed by atoms with Gasteiger partial charge in [0.1, 0.15) is 24.4 Å². The van der Waals surface area contributed by atoms with E-state index in [4.69, 9.17) is 22.1 Å². The summed E-state index contributed by atoms with van der Waals surface area (Å²) in [5, 5.41) is 44.1. The molecule has 7 nitrogen and oxygen atoms in total. The lowest BCUT2D eigenvalue weighted by Crippen LogP contribution is -2.63. The highest BCUT2D eigenvalue weighted by molar-refractivity contribution is 7.80. The maximum Gasteiger partial charge on any atom is 0.172 e. The Kier molecular flexibility index (Phi) is 5.45. The number of nitrogens with one attached hydrogen (secondary N) is 2. The summed E-state index contributed by atoms with van der Waals surface area (Å²) in [6, 6.07) is 9.14. The van der Waals surface area contributed by atoms with Gasteiger partial charge in [-0.05, 0) is 24.4 Å². The standard InChI is InChI=1S/C13H18N2O5S/c16-6-8-9(17)10(18)11(19)12(20-8)15-13(21)14-7-4-2-1-3-5-7/h1-5,8-12,16-19H,6H2,(H2,14,15,21). The number of benzene rings is 1. The van der Waals surface area contributed by atoms with Crippen LogP contribution in [0.5, 0.6) is 0 Å². The summed E-state index contributed by atoms with van der Waals surface area (Å²) in [7, 11) is 0. The molecule has 21 heavy (non-hydrogen) atoms. The molecule has 1 aliphatic heterocycles. The van der Waals surface area contributed by atoms with Gasteiger partial charge < -0.3 is 35.8 Å². The number of thiocarbonyl (C=S) groups is 1. The molecule has 1 saturated heterocycles. The van der Waals surface area contributed by atoms with Crippen LogP contribution in [0.4, 0.5) is 5.69 Å². The highest BCUT2D eigenvalue weighted by atomic mass is 32.1. The Morgan fingerprint density at radius 2 is 1.76 bits per heavy atom. The van der Waals surface area contributed by atoms with E-state index in [0.717, 1.165) is 5.69 Å². The van der Waals surface area contributed by atoms with Gasteiger partial charge >= 0.3 is 0 Å². The van der Waals surface area contributed by atoms with E-state index in [1.807, 2.05) is 18.2 Å². The lowest BCUT2D eigenvalue weighted by atomic mass is 9.98.